The molecule has 0 saturated carbocycles. The molecule has 0 aliphatic carbocycles. The van der Waals surface area contributed by atoms with Crippen LogP contribution in [0, 0.1) is 0 Å². The van der Waals surface area contributed by atoms with Crippen LogP contribution in [0.15, 0.2) is 143 Å². The van der Waals surface area contributed by atoms with E-state index in [1.807, 2.05) is 97.1 Å². The van der Waals surface area contributed by atoms with Crippen molar-refractivity contribution in [2.45, 2.75) is 9.79 Å². The van der Waals surface area contributed by atoms with Crippen LogP contribution in [0.4, 0.5) is 0 Å². The highest BCUT2D eigenvalue weighted by atomic mass is 32.2. The number of carbonyl (C=O) groups is 1. The summed E-state index contributed by atoms with van der Waals surface area (Å²) in [7, 11) is 0. The Morgan fingerprint density at radius 3 is 1.12 bits per heavy atom. The zero-order valence-corrected chi connectivity index (χ0v) is 19.1. The van der Waals surface area contributed by atoms with E-state index in [1.165, 1.54) is 0 Å². The van der Waals surface area contributed by atoms with Crippen LogP contribution in [0.25, 0.3) is 9.81 Å². The molecule has 32 heavy (non-hydrogen) atoms. The van der Waals surface area contributed by atoms with E-state index < -0.39 is 0 Å². The highest BCUT2D eigenvalue weighted by Gasteiger charge is 2.10. The van der Waals surface area contributed by atoms with Crippen LogP contribution >= 0.6 is 23.5 Å². The molecule has 0 aliphatic rings. The molecular weight excluding hydrogens is 428 g/mol. The lowest BCUT2D eigenvalue weighted by molar-refractivity contribution is -0.110. The van der Waals surface area contributed by atoms with Crippen LogP contribution in [0.5, 0.6) is 0 Å². The van der Waals surface area contributed by atoms with Gasteiger partial charge in [-0.3, -0.25) is 4.79 Å². The summed E-state index contributed by atoms with van der Waals surface area (Å²) in [5, 5.41) is 0. The second-order valence-electron chi connectivity index (χ2n) is 6.98. The first-order chi connectivity index (χ1) is 15.8. The zero-order chi connectivity index (χ0) is 22.0. The van der Waals surface area contributed by atoms with Crippen molar-refractivity contribution in [1.29, 1.82) is 0 Å². The fourth-order valence-electron chi connectivity index (χ4n) is 3.08. The van der Waals surface area contributed by atoms with E-state index in [0.29, 0.717) is 0 Å². The molecule has 0 spiro atoms. The van der Waals surface area contributed by atoms with Crippen molar-refractivity contribution in [3.05, 3.63) is 145 Å². The third-order valence-electron chi connectivity index (χ3n) is 4.61. The average molecular weight is 451 g/mol. The smallest absolute Gasteiger partial charge is 0.180 e. The van der Waals surface area contributed by atoms with Gasteiger partial charge in [0.15, 0.2) is 5.78 Å². The molecule has 3 heteroatoms. The fourth-order valence-corrected chi connectivity index (χ4v) is 5.03. The summed E-state index contributed by atoms with van der Waals surface area (Å²) in [6.45, 7) is 0. The molecule has 4 rings (SSSR count). The highest BCUT2D eigenvalue weighted by molar-refractivity contribution is 8.08. The van der Waals surface area contributed by atoms with Crippen LogP contribution in [-0.4, -0.2) is 5.78 Å². The highest BCUT2D eigenvalue weighted by Crippen LogP contribution is 2.36. The zero-order valence-electron chi connectivity index (χ0n) is 17.4. The van der Waals surface area contributed by atoms with Crippen molar-refractivity contribution >= 4 is 39.1 Å². The normalized spacial score (nSPS) is 11.9. The van der Waals surface area contributed by atoms with Gasteiger partial charge in [-0.1, -0.05) is 121 Å². The monoisotopic (exact) mass is 450 g/mol. The molecule has 0 atom stereocenters. The van der Waals surface area contributed by atoms with E-state index in [9.17, 15) is 4.79 Å². The van der Waals surface area contributed by atoms with Gasteiger partial charge in [0, 0.05) is 31.8 Å². The summed E-state index contributed by atoms with van der Waals surface area (Å²) in [6.07, 6.45) is 3.48. The van der Waals surface area contributed by atoms with Crippen LogP contribution in [0.3, 0.4) is 0 Å². The van der Waals surface area contributed by atoms with E-state index in [1.54, 1.807) is 35.7 Å². The molecule has 4 aromatic rings. The average Bonchev–Trinajstić information content (AvgIpc) is 2.86. The van der Waals surface area contributed by atoms with Gasteiger partial charge in [0.1, 0.15) is 0 Å². The summed E-state index contributed by atoms with van der Waals surface area (Å²) in [6, 6.07) is 40.4. The molecule has 4 aromatic carbocycles. The Morgan fingerprint density at radius 2 is 0.781 bits per heavy atom. The molecule has 156 valence electrons. The number of thioether (sulfide) groups is 2. The Kier molecular flexibility index (Phi) is 7.80. The summed E-state index contributed by atoms with van der Waals surface area (Å²) in [4.78, 5) is 17.3. The quantitative estimate of drug-likeness (QED) is 0.199. The molecule has 0 unspecified atom stereocenters. The van der Waals surface area contributed by atoms with Gasteiger partial charge < -0.3 is 0 Å². The van der Waals surface area contributed by atoms with Crippen LogP contribution in [-0.2, 0) is 4.79 Å². The number of ketones is 1. The van der Waals surface area contributed by atoms with Crippen molar-refractivity contribution in [2.75, 3.05) is 0 Å². The van der Waals surface area contributed by atoms with Gasteiger partial charge in [0.2, 0.25) is 0 Å². The minimum atomic E-state index is -0.0328. The maximum Gasteiger partial charge on any atom is 0.180 e. The third-order valence-corrected chi connectivity index (χ3v) is 6.77. The third kappa shape index (κ3) is 6.36. The van der Waals surface area contributed by atoms with Gasteiger partial charge in [-0.2, -0.15) is 0 Å². The van der Waals surface area contributed by atoms with Crippen LogP contribution < -0.4 is 0 Å². The second-order valence-corrected chi connectivity index (χ2v) is 9.21. The molecule has 0 heterocycles. The summed E-state index contributed by atoms with van der Waals surface area (Å²) >= 11 is 3.20. The molecule has 0 N–H and O–H groups in total. The van der Waals surface area contributed by atoms with E-state index in [2.05, 4.69) is 24.3 Å². The number of carbonyl (C=O) groups excluding carboxylic acids is 1. The van der Waals surface area contributed by atoms with Gasteiger partial charge in [0.25, 0.3) is 0 Å². The Morgan fingerprint density at radius 1 is 0.469 bits per heavy atom. The molecule has 0 bridgehead atoms. The standard InChI is InChI=1S/C29H22OS2/c30-25(21-28(23-13-5-1-6-14-23)31-26-17-9-3-10-18-26)22-29(24-15-7-2-8-16-24)32-27-19-11-4-12-20-27/h1-22H. The predicted molar refractivity (Wildman–Crippen MR) is 138 cm³/mol. The van der Waals surface area contributed by atoms with Crippen molar-refractivity contribution in [3.8, 4) is 0 Å². The Hall–Kier alpha value is -3.27. The molecule has 0 aliphatic heterocycles. The van der Waals surface area contributed by atoms with Gasteiger partial charge in [-0.25, -0.2) is 0 Å². The molecule has 0 amide bonds. The summed E-state index contributed by atoms with van der Waals surface area (Å²) in [5.41, 5.74) is 2.06. The van der Waals surface area contributed by atoms with E-state index in [-0.39, 0.29) is 5.78 Å². The number of allylic oxidation sites excluding steroid dienone is 2. The van der Waals surface area contributed by atoms with Gasteiger partial charge in [-0.15, -0.1) is 0 Å². The van der Waals surface area contributed by atoms with Crippen LogP contribution in [0.2, 0.25) is 0 Å². The van der Waals surface area contributed by atoms with Crippen molar-refractivity contribution in [3.63, 3.8) is 0 Å². The topological polar surface area (TPSA) is 17.1 Å². The Balaban J connectivity index is 1.68. The fraction of sp³-hybridized carbons (Fsp3) is 0. The van der Waals surface area contributed by atoms with Crippen molar-refractivity contribution in [2.24, 2.45) is 0 Å². The number of hydrogen-bond acceptors (Lipinski definition) is 3. The Labute approximate surface area is 197 Å². The number of hydrogen-bond donors (Lipinski definition) is 0. The maximum atomic E-state index is 13.2. The summed E-state index contributed by atoms with van der Waals surface area (Å²) in [5.74, 6) is -0.0328. The Bertz CT molecular complexity index is 1100. The first kappa shape index (κ1) is 21.9. The minimum absolute atomic E-state index is 0.0328. The molecule has 0 fully saturated rings. The lowest BCUT2D eigenvalue weighted by Crippen LogP contribution is -1.92. The first-order valence-electron chi connectivity index (χ1n) is 10.3. The largest absolute Gasteiger partial charge is 0.290 e. The molecule has 0 radical (unpaired) electrons. The molecule has 1 nitrogen and oxygen atoms in total. The van der Waals surface area contributed by atoms with Gasteiger partial charge in [-0.05, 0) is 35.4 Å². The van der Waals surface area contributed by atoms with Crippen molar-refractivity contribution < 1.29 is 4.79 Å². The van der Waals surface area contributed by atoms with Gasteiger partial charge in [0.05, 0.1) is 0 Å². The lowest BCUT2D eigenvalue weighted by Gasteiger charge is -2.09. The van der Waals surface area contributed by atoms with E-state index >= 15 is 0 Å². The molecule has 0 aromatic heterocycles. The number of benzene rings is 4. The lowest BCUT2D eigenvalue weighted by atomic mass is 10.1. The molecule has 0 saturated heterocycles. The SMILES string of the molecule is O=C(C=C(Sc1ccccc1)c1ccccc1)C=C(Sc1ccccc1)c1ccccc1. The second kappa shape index (κ2) is 11.4. The van der Waals surface area contributed by atoms with E-state index in [4.69, 9.17) is 0 Å². The van der Waals surface area contributed by atoms with Crippen molar-refractivity contribution in [1.82, 2.24) is 0 Å². The van der Waals surface area contributed by atoms with Gasteiger partial charge >= 0.3 is 0 Å². The predicted octanol–water partition coefficient (Wildman–Crippen LogP) is 8.22. The van der Waals surface area contributed by atoms with E-state index in [0.717, 1.165) is 30.7 Å². The summed E-state index contributed by atoms with van der Waals surface area (Å²) < 4.78 is 0. The number of rotatable bonds is 8. The first-order valence-corrected chi connectivity index (χ1v) is 12.0. The minimum Gasteiger partial charge on any atom is -0.290 e. The molecular formula is C29H22OS2. The van der Waals surface area contributed by atoms with Crippen LogP contribution in [0.1, 0.15) is 11.1 Å². The maximum absolute atomic E-state index is 13.2.